The van der Waals surface area contributed by atoms with Crippen LogP contribution < -0.4 is 4.90 Å². The Morgan fingerprint density at radius 3 is 2.44 bits per heavy atom. The third-order valence-electron chi connectivity index (χ3n) is 2.93. The zero-order chi connectivity index (χ0) is 11.8. The van der Waals surface area contributed by atoms with Crippen molar-refractivity contribution in [1.82, 2.24) is 0 Å². The van der Waals surface area contributed by atoms with Crippen LogP contribution in [0.25, 0.3) is 0 Å². The maximum Gasteiger partial charge on any atom is 0.294 e. The monoisotopic (exact) mass is 241 g/mol. The smallest absolute Gasteiger partial charge is 0.294 e. The van der Waals surface area contributed by atoms with Crippen molar-refractivity contribution in [2.75, 3.05) is 18.0 Å². The average Bonchev–Trinajstić information content (AvgIpc) is 2.69. The maximum atomic E-state index is 11.0. The molecule has 0 unspecified atom stereocenters. The number of hydrogen-bond acceptors (Lipinski definition) is 3. The highest BCUT2D eigenvalue weighted by Crippen LogP contribution is 2.26. The molecule has 88 valence electrons. The second kappa shape index (κ2) is 4.07. The minimum atomic E-state index is -4.10. The quantitative estimate of drug-likeness (QED) is 0.803. The van der Waals surface area contributed by atoms with E-state index in [9.17, 15) is 8.42 Å². The van der Waals surface area contributed by atoms with Gasteiger partial charge in [0, 0.05) is 18.8 Å². The summed E-state index contributed by atoms with van der Waals surface area (Å²) in [6.07, 6.45) is 2.27. The van der Waals surface area contributed by atoms with Gasteiger partial charge in [-0.2, -0.15) is 8.42 Å². The van der Waals surface area contributed by atoms with E-state index in [0.29, 0.717) is 0 Å². The minimum absolute atomic E-state index is 0.0278. The van der Waals surface area contributed by atoms with Gasteiger partial charge in [0.05, 0.1) is 4.90 Å². The first-order valence-corrected chi connectivity index (χ1v) is 6.75. The Morgan fingerprint density at radius 1 is 1.25 bits per heavy atom. The van der Waals surface area contributed by atoms with Gasteiger partial charge in [-0.05, 0) is 37.5 Å². The summed E-state index contributed by atoms with van der Waals surface area (Å²) in [5.74, 6) is 0. The van der Waals surface area contributed by atoms with E-state index < -0.39 is 10.1 Å². The Labute approximate surface area is 95.6 Å². The van der Waals surface area contributed by atoms with Gasteiger partial charge in [0.15, 0.2) is 0 Å². The normalized spacial score (nSPS) is 16.8. The molecule has 2 rings (SSSR count). The van der Waals surface area contributed by atoms with Crippen LogP contribution >= 0.6 is 0 Å². The van der Waals surface area contributed by atoms with Crippen molar-refractivity contribution in [2.45, 2.75) is 24.7 Å². The first kappa shape index (κ1) is 11.4. The van der Waals surface area contributed by atoms with Crippen LogP contribution in [0.1, 0.15) is 18.4 Å². The average molecular weight is 241 g/mol. The molecule has 0 saturated carbocycles. The molecule has 1 aliphatic heterocycles. The highest BCUT2D eigenvalue weighted by Gasteiger charge is 2.17. The van der Waals surface area contributed by atoms with Crippen molar-refractivity contribution >= 4 is 15.8 Å². The van der Waals surface area contributed by atoms with Gasteiger partial charge in [-0.15, -0.1) is 0 Å². The summed E-state index contributed by atoms with van der Waals surface area (Å²) in [5.41, 5.74) is 1.95. The summed E-state index contributed by atoms with van der Waals surface area (Å²) in [4.78, 5) is 2.13. The van der Waals surface area contributed by atoms with Gasteiger partial charge in [0.2, 0.25) is 0 Å². The standard InChI is InChI=1S/C11H15NO3S/c1-9-4-5-10(16(13,14)15)8-11(9)12-6-2-3-7-12/h4-5,8H,2-3,6-7H2,1H3,(H,13,14,15). The summed E-state index contributed by atoms with van der Waals surface area (Å²) >= 11 is 0. The second-order valence-electron chi connectivity index (χ2n) is 4.12. The molecule has 4 nitrogen and oxygen atoms in total. The maximum absolute atomic E-state index is 11.0. The number of rotatable bonds is 2. The van der Waals surface area contributed by atoms with Crippen LogP contribution in [0.2, 0.25) is 0 Å². The van der Waals surface area contributed by atoms with Gasteiger partial charge in [0.25, 0.3) is 10.1 Å². The van der Waals surface area contributed by atoms with E-state index in [0.717, 1.165) is 37.2 Å². The topological polar surface area (TPSA) is 57.6 Å². The molecular formula is C11H15NO3S. The predicted octanol–water partition coefficient (Wildman–Crippen LogP) is 1.84. The Bertz CT molecular complexity index is 490. The number of anilines is 1. The number of hydrogen-bond donors (Lipinski definition) is 1. The SMILES string of the molecule is Cc1ccc(S(=O)(=O)O)cc1N1CCCC1. The van der Waals surface area contributed by atoms with Crippen molar-refractivity contribution in [1.29, 1.82) is 0 Å². The molecule has 0 aromatic heterocycles. The largest absolute Gasteiger partial charge is 0.371 e. The summed E-state index contributed by atoms with van der Waals surface area (Å²) in [7, 11) is -4.10. The van der Waals surface area contributed by atoms with Crippen LogP contribution in [0.3, 0.4) is 0 Å². The van der Waals surface area contributed by atoms with E-state index in [4.69, 9.17) is 4.55 Å². The molecule has 16 heavy (non-hydrogen) atoms. The first-order valence-electron chi connectivity index (χ1n) is 5.31. The Balaban J connectivity index is 2.44. The van der Waals surface area contributed by atoms with Crippen molar-refractivity contribution in [3.63, 3.8) is 0 Å². The summed E-state index contributed by atoms with van der Waals surface area (Å²) in [6.45, 7) is 3.85. The lowest BCUT2D eigenvalue weighted by Crippen LogP contribution is -2.19. The molecule has 1 N–H and O–H groups in total. The number of benzene rings is 1. The summed E-state index contributed by atoms with van der Waals surface area (Å²) in [6, 6.07) is 4.72. The van der Waals surface area contributed by atoms with Gasteiger partial charge in [-0.3, -0.25) is 4.55 Å². The molecule has 0 bridgehead atoms. The number of nitrogens with zero attached hydrogens (tertiary/aromatic N) is 1. The molecule has 1 fully saturated rings. The van der Waals surface area contributed by atoms with Crippen LogP contribution in [-0.2, 0) is 10.1 Å². The molecule has 1 heterocycles. The Kier molecular flexibility index (Phi) is 2.90. The second-order valence-corrected chi connectivity index (χ2v) is 5.54. The lowest BCUT2D eigenvalue weighted by atomic mass is 10.2. The molecule has 0 aliphatic carbocycles. The molecule has 0 atom stereocenters. The molecule has 0 radical (unpaired) electrons. The Hall–Kier alpha value is -1.07. The van der Waals surface area contributed by atoms with E-state index in [1.165, 1.54) is 6.07 Å². The first-order chi connectivity index (χ1) is 7.48. The fourth-order valence-electron chi connectivity index (χ4n) is 2.05. The fourth-order valence-corrected chi connectivity index (χ4v) is 2.55. The molecular weight excluding hydrogens is 226 g/mol. The molecule has 1 saturated heterocycles. The van der Waals surface area contributed by atoms with E-state index in [1.54, 1.807) is 12.1 Å². The minimum Gasteiger partial charge on any atom is -0.371 e. The molecule has 0 spiro atoms. The fraction of sp³-hybridized carbons (Fsp3) is 0.455. The van der Waals surface area contributed by atoms with Crippen LogP contribution in [0.15, 0.2) is 23.1 Å². The van der Waals surface area contributed by atoms with Crippen LogP contribution in [0, 0.1) is 6.92 Å². The van der Waals surface area contributed by atoms with Gasteiger partial charge >= 0.3 is 0 Å². The molecule has 1 aromatic carbocycles. The van der Waals surface area contributed by atoms with E-state index >= 15 is 0 Å². The van der Waals surface area contributed by atoms with Crippen LogP contribution in [-0.4, -0.2) is 26.1 Å². The van der Waals surface area contributed by atoms with Gasteiger partial charge in [-0.25, -0.2) is 0 Å². The van der Waals surface area contributed by atoms with Crippen molar-refractivity contribution in [3.8, 4) is 0 Å². The third-order valence-corrected chi connectivity index (χ3v) is 3.77. The van der Waals surface area contributed by atoms with Gasteiger partial charge in [0.1, 0.15) is 0 Å². The van der Waals surface area contributed by atoms with Gasteiger partial charge < -0.3 is 4.90 Å². The molecule has 1 aromatic rings. The predicted molar refractivity (Wildman–Crippen MR) is 62.4 cm³/mol. The summed E-state index contributed by atoms with van der Waals surface area (Å²) in [5, 5.41) is 0. The third kappa shape index (κ3) is 2.20. The highest BCUT2D eigenvalue weighted by atomic mass is 32.2. The van der Waals surface area contributed by atoms with E-state index in [2.05, 4.69) is 4.90 Å². The molecule has 1 aliphatic rings. The van der Waals surface area contributed by atoms with E-state index in [-0.39, 0.29) is 4.90 Å². The van der Waals surface area contributed by atoms with Crippen molar-refractivity contribution in [2.24, 2.45) is 0 Å². The number of aryl methyl sites for hydroxylation is 1. The van der Waals surface area contributed by atoms with Crippen molar-refractivity contribution in [3.05, 3.63) is 23.8 Å². The lowest BCUT2D eigenvalue weighted by molar-refractivity contribution is 0.483. The zero-order valence-corrected chi connectivity index (χ0v) is 10.00. The van der Waals surface area contributed by atoms with E-state index in [1.807, 2.05) is 6.92 Å². The Morgan fingerprint density at radius 2 is 1.88 bits per heavy atom. The lowest BCUT2D eigenvalue weighted by Gasteiger charge is -2.20. The highest BCUT2D eigenvalue weighted by molar-refractivity contribution is 7.85. The van der Waals surface area contributed by atoms with Crippen LogP contribution in [0.5, 0.6) is 0 Å². The van der Waals surface area contributed by atoms with Gasteiger partial charge in [-0.1, -0.05) is 6.07 Å². The molecule has 0 amide bonds. The van der Waals surface area contributed by atoms with Crippen LogP contribution in [0.4, 0.5) is 5.69 Å². The molecule has 5 heteroatoms. The zero-order valence-electron chi connectivity index (χ0n) is 9.18. The van der Waals surface area contributed by atoms with Crippen molar-refractivity contribution < 1.29 is 13.0 Å². The summed E-state index contributed by atoms with van der Waals surface area (Å²) < 4.78 is 31.1.